The van der Waals surface area contributed by atoms with E-state index in [2.05, 4.69) is 4.99 Å². The number of halogens is 5. The number of alkyl halides is 3. The van der Waals surface area contributed by atoms with Crippen LogP contribution in [0.5, 0.6) is 5.75 Å². The quantitative estimate of drug-likeness (QED) is 0.460. The number of benzene rings is 2. The van der Waals surface area contributed by atoms with E-state index in [1.165, 1.54) is 36.3 Å². The zero-order valence-corrected chi connectivity index (χ0v) is 20.0. The molecule has 2 aromatic rings. The van der Waals surface area contributed by atoms with Gasteiger partial charge in [0.05, 0.1) is 24.0 Å². The highest BCUT2D eigenvalue weighted by Gasteiger charge is 2.48. The maximum Gasteiger partial charge on any atom is 0.415 e. The topological polar surface area (TPSA) is 65.7 Å². The molecule has 0 spiro atoms. The Bertz CT molecular complexity index is 1300. The number of allylic oxidation sites excluding steroid dienone is 1. The summed E-state index contributed by atoms with van der Waals surface area (Å²) in [6, 6.07) is 9.24. The third-order valence-electron chi connectivity index (χ3n) is 6.64. The van der Waals surface area contributed by atoms with Gasteiger partial charge < -0.3 is 9.64 Å². The molecule has 194 valence electrons. The summed E-state index contributed by atoms with van der Waals surface area (Å²) in [4.78, 5) is 18.7. The van der Waals surface area contributed by atoms with Crippen LogP contribution in [0, 0.1) is 28.9 Å². The first-order valence-corrected chi connectivity index (χ1v) is 11.9. The summed E-state index contributed by atoms with van der Waals surface area (Å²) >= 11 is 0. The van der Waals surface area contributed by atoms with Crippen LogP contribution in [0.4, 0.5) is 22.0 Å². The molecular formula is C27H24F5N3O2. The van der Waals surface area contributed by atoms with E-state index in [0.717, 1.165) is 12.5 Å². The first-order valence-electron chi connectivity index (χ1n) is 11.9. The van der Waals surface area contributed by atoms with Gasteiger partial charge in [-0.05, 0) is 67.5 Å². The van der Waals surface area contributed by atoms with Crippen LogP contribution in [-0.4, -0.2) is 42.9 Å². The first kappa shape index (κ1) is 26.3. The minimum absolute atomic E-state index is 0.00483. The van der Waals surface area contributed by atoms with Crippen LogP contribution >= 0.6 is 0 Å². The third-order valence-corrected chi connectivity index (χ3v) is 6.64. The molecule has 5 nitrogen and oxygen atoms in total. The summed E-state index contributed by atoms with van der Waals surface area (Å²) in [6.07, 6.45) is -2.75. The number of carbonyl (C=O) groups excluding carboxylic acids is 1. The number of nitrogens with zero attached hydrogens (tertiary/aromatic N) is 3. The molecular weight excluding hydrogens is 493 g/mol. The molecule has 10 heteroatoms. The summed E-state index contributed by atoms with van der Waals surface area (Å²) in [5, 5.41) is 9.04. The van der Waals surface area contributed by atoms with Gasteiger partial charge in [0.1, 0.15) is 17.6 Å². The number of hydrogen-bond acceptors (Lipinski definition) is 4. The van der Waals surface area contributed by atoms with Crippen molar-refractivity contribution in [3.8, 4) is 11.8 Å². The lowest BCUT2D eigenvalue weighted by molar-refractivity contribution is -0.129. The Morgan fingerprint density at radius 1 is 1.11 bits per heavy atom. The fourth-order valence-corrected chi connectivity index (χ4v) is 4.79. The van der Waals surface area contributed by atoms with Crippen LogP contribution in [0.15, 0.2) is 52.7 Å². The van der Waals surface area contributed by atoms with E-state index in [1.807, 2.05) is 0 Å². The molecule has 1 atom stereocenters. The molecule has 0 saturated carbocycles. The van der Waals surface area contributed by atoms with Gasteiger partial charge in [-0.15, -0.1) is 0 Å². The van der Waals surface area contributed by atoms with Crippen molar-refractivity contribution in [3.63, 3.8) is 0 Å². The number of amides is 1. The molecule has 0 aliphatic carbocycles. The van der Waals surface area contributed by atoms with Gasteiger partial charge in [0, 0.05) is 19.0 Å². The second-order valence-corrected chi connectivity index (χ2v) is 8.98. The highest BCUT2D eigenvalue weighted by Crippen LogP contribution is 2.43. The summed E-state index contributed by atoms with van der Waals surface area (Å²) in [5.41, 5.74) is -1.67. The normalized spacial score (nSPS) is 18.0. The molecule has 0 N–H and O–H groups in total. The van der Waals surface area contributed by atoms with Gasteiger partial charge >= 0.3 is 6.18 Å². The number of nitriles is 1. The van der Waals surface area contributed by atoms with Crippen LogP contribution in [0.3, 0.4) is 0 Å². The number of hydrogen-bond donors (Lipinski definition) is 0. The van der Waals surface area contributed by atoms with E-state index in [9.17, 15) is 26.7 Å². The maximum atomic E-state index is 14.5. The van der Waals surface area contributed by atoms with Crippen LogP contribution in [-0.2, 0) is 11.2 Å². The molecule has 2 aliphatic rings. The molecule has 0 radical (unpaired) electrons. The number of carbonyl (C=O) groups is 1. The number of piperidine rings is 1. The Balaban J connectivity index is 1.76. The van der Waals surface area contributed by atoms with E-state index >= 15 is 0 Å². The molecule has 2 heterocycles. The fraction of sp³-hybridized carbons (Fsp3) is 0.370. The van der Waals surface area contributed by atoms with Gasteiger partial charge in [0.2, 0.25) is 0 Å². The summed E-state index contributed by atoms with van der Waals surface area (Å²) in [7, 11) is 1.30. The van der Waals surface area contributed by atoms with Crippen molar-refractivity contribution in [2.24, 2.45) is 10.9 Å². The van der Waals surface area contributed by atoms with Crippen LogP contribution in [0.2, 0.25) is 0 Å². The second kappa shape index (κ2) is 10.7. The molecule has 2 aromatic carbocycles. The molecule has 1 unspecified atom stereocenters. The van der Waals surface area contributed by atoms with Crippen molar-refractivity contribution < 1.29 is 31.5 Å². The monoisotopic (exact) mass is 517 g/mol. The van der Waals surface area contributed by atoms with Crippen molar-refractivity contribution in [1.82, 2.24) is 4.90 Å². The van der Waals surface area contributed by atoms with Gasteiger partial charge in [-0.25, -0.2) is 13.8 Å². The first-order chi connectivity index (χ1) is 17.6. The zero-order valence-electron chi connectivity index (χ0n) is 20.0. The summed E-state index contributed by atoms with van der Waals surface area (Å²) in [6.45, 7) is 0.666. The van der Waals surface area contributed by atoms with Crippen molar-refractivity contribution in [1.29, 1.82) is 5.26 Å². The van der Waals surface area contributed by atoms with Gasteiger partial charge in [0.15, 0.2) is 11.6 Å². The fourth-order valence-electron chi connectivity index (χ4n) is 4.79. The number of aliphatic imine (C=N–C) groups is 1. The lowest BCUT2D eigenvalue weighted by Crippen LogP contribution is -2.37. The van der Waals surface area contributed by atoms with Crippen LogP contribution in [0.25, 0.3) is 0 Å². The predicted octanol–water partition coefficient (Wildman–Crippen LogP) is 5.73. The van der Waals surface area contributed by atoms with Gasteiger partial charge in [-0.1, -0.05) is 12.1 Å². The van der Waals surface area contributed by atoms with Crippen molar-refractivity contribution in [2.45, 2.75) is 38.3 Å². The predicted molar refractivity (Wildman–Crippen MR) is 126 cm³/mol. The zero-order chi connectivity index (χ0) is 26.7. The molecule has 1 saturated heterocycles. The lowest BCUT2D eigenvalue weighted by atomic mass is 9.85. The Hall–Kier alpha value is -3.74. The number of ether oxygens (including phenoxy) is 1. The van der Waals surface area contributed by atoms with Gasteiger partial charge in [0.25, 0.3) is 5.91 Å². The maximum absolute atomic E-state index is 14.5. The summed E-state index contributed by atoms with van der Waals surface area (Å²) < 4.78 is 76.9. The largest absolute Gasteiger partial charge is 0.494 e. The Morgan fingerprint density at radius 2 is 1.84 bits per heavy atom. The Labute approximate surface area is 210 Å². The molecule has 1 amide bonds. The molecule has 0 bridgehead atoms. The average Bonchev–Trinajstić information content (AvgIpc) is 3.27. The third kappa shape index (κ3) is 5.50. The van der Waals surface area contributed by atoms with E-state index in [1.54, 1.807) is 12.1 Å². The Morgan fingerprint density at radius 3 is 2.43 bits per heavy atom. The van der Waals surface area contributed by atoms with E-state index < -0.39 is 40.9 Å². The second-order valence-electron chi connectivity index (χ2n) is 8.98. The van der Waals surface area contributed by atoms with E-state index in [0.29, 0.717) is 31.5 Å². The lowest BCUT2D eigenvalue weighted by Gasteiger charge is -2.27. The molecule has 4 rings (SSSR count). The molecule has 2 aliphatic heterocycles. The van der Waals surface area contributed by atoms with E-state index in [4.69, 9.17) is 10.00 Å². The number of rotatable bonds is 6. The summed E-state index contributed by atoms with van der Waals surface area (Å²) in [5.74, 6) is -3.74. The average molecular weight is 517 g/mol. The van der Waals surface area contributed by atoms with E-state index in [-0.39, 0.29) is 35.4 Å². The number of aryl methyl sites for hydroxylation is 1. The van der Waals surface area contributed by atoms with Gasteiger partial charge in [-0.2, -0.15) is 18.4 Å². The molecule has 1 fully saturated rings. The number of likely N-dealkylation sites (tertiary alicyclic amines) is 1. The van der Waals surface area contributed by atoms with Gasteiger partial charge in [-0.3, -0.25) is 4.79 Å². The molecule has 37 heavy (non-hydrogen) atoms. The number of methoxy groups -OCH3 is 1. The van der Waals surface area contributed by atoms with Crippen LogP contribution < -0.4 is 4.74 Å². The highest BCUT2D eigenvalue weighted by atomic mass is 19.4. The van der Waals surface area contributed by atoms with Crippen LogP contribution in [0.1, 0.15) is 42.4 Å². The highest BCUT2D eigenvalue weighted by molar-refractivity contribution is 6.11. The van der Waals surface area contributed by atoms with Crippen molar-refractivity contribution in [3.05, 3.63) is 76.0 Å². The molecule has 0 aromatic heterocycles. The SMILES string of the molecule is COc1ccc(CCC2C(c3ccc(C#N)c(F)c3)=NC(C(=O)N3CCCCC3)=C2C(F)(F)F)cc1F. The van der Waals surface area contributed by atoms with Crippen molar-refractivity contribution >= 4 is 11.6 Å². The van der Waals surface area contributed by atoms with Crippen molar-refractivity contribution in [2.75, 3.05) is 20.2 Å². The smallest absolute Gasteiger partial charge is 0.415 e. The minimum Gasteiger partial charge on any atom is -0.494 e. The minimum atomic E-state index is -4.88. The Kier molecular flexibility index (Phi) is 7.62. The standard InChI is InChI=1S/C27H24F5N3O2/c1-37-22-10-6-16(13-21(22)29)5-9-19-23(27(30,31)32)25(26(36)35-11-3-2-4-12-35)34-24(19)17-7-8-18(15-33)20(28)14-17/h6-8,10,13-14,19H,2-5,9,11-12H2,1H3.